The Morgan fingerprint density at radius 3 is 2.44 bits per heavy atom. The number of rotatable bonds is 9. The molecule has 1 N–H and O–H groups in total. The lowest BCUT2D eigenvalue weighted by Crippen LogP contribution is -2.32. The van der Waals surface area contributed by atoms with Gasteiger partial charge in [-0.15, -0.1) is 0 Å². The number of nitrogens with one attached hydrogen (secondary N) is 1. The maximum atomic E-state index is 12.7. The van der Waals surface area contributed by atoms with Gasteiger partial charge in [-0.3, -0.25) is 19.3 Å². The maximum absolute atomic E-state index is 12.7. The molecule has 3 amide bonds. The first-order chi connectivity index (χ1) is 17.4. The van der Waals surface area contributed by atoms with Crippen molar-refractivity contribution in [3.05, 3.63) is 93.3 Å². The van der Waals surface area contributed by atoms with Crippen LogP contribution < -0.4 is 14.8 Å². The van der Waals surface area contributed by atoms with Gasteiger partial charge in [-0.2, -0.15) is 0 Å². The van der Waals surface area contributed by atoms with Gasteiger partial charge in [0.2, 0.25) is 0 Å². The van der Waals surface area contributed by atoms with Crippen LogP contribution in [0, 0.1) is 0 Å². The molecule has 1 aliphatic rings. The van der Waals surface area contributed by atoms with Crippen LogP contribution in [0.5, 0.6) is 11.5 Å². The van der Waals surface area contributed by atoms with Crippen LogP contribution in [0.4, 0.5) is 10.5 Å². The lowest BCUT2D eigenvalue weighted by atomic mass is 10.2. The van der Waals surface area contributed by atoms with Gasteiger partial charge in [0.05, 0.1) is 27.2 Å². The maximum Gasteiger partial charge on any atom is 0.293 e. The first kappa shape index (κ1) is 25.6. The largest absolute Gasteiger partial charge is 0.492 e. The summed E-state index contributed by atoms with van der Waals surface area (Å²) in [5, 5.41) is 2.97. The molecule has 0 unspecified atom stereocenters. The summed E-state index contributed by atoms with van der Waals surface area (Å²) in [6.07, 6.45) is 1.59. The summed E-state index contributed by atoms with van der Waals surface area (Å²) in [5.41, 5.74) is 1.09. The summed E-state index contributed by atoms with van der Waals surface area (Å²) < 4.78 is 11.1. The van der Waals surface area contributed by atoms with Crippen LogP contribution >= 0.6 is 35.0 Å². The molecule has 1 saturated heterocycles. The third kappa shape index (κ3) is 6.60. The smallest absolute Gasteiger partial charge is 0.293 e. The minimum Gasteiger partial charge on any atom is -0.492 e. The lowest BCUT2D eigenvalue weighted by molar-refractivity contribution is -0.123. The van der Waals surface area contributed by atoms with Crippen LogP contribution in [0.15, 0.2) is 77.7 Å². The van der Waals surface area contributed by atoms with E-state index in [1.165, 1.54) is 0 Å². The van der Waals surface area contributed by atoms with E-state index in [1.807, 2.05) is 18.2 Å². The van der Waals surface area contributed by atoms with Crippen molar-refractivity contribution in [1.29, 1.82) is 0 Å². The van der Waals surface area contributed by atoms with Crippen LogP contribution in [0.25, 0.3) is 6.08 Å². The van der Waals surface area contributed by atoms with E-state index in [1.54, 1.807) is 60.7 Å². The lowest BCUT2D eigenvalue weighted by Gasteiger charge is -2.13. The quantitative estimate of drug-likeness (QED) is 0.327. The number of carbonyl (C=O) groups is 3. The second kappa shape index (κ2) is 12.0. The van der Waals surface area contributed by atoms with E-state index >= 15 is 0 Å². The molecule has 1 aliphatic heterocycles. The van der Waals surface area contributed by atoms with Crippen molar-refractivity contribution in [2.75, 3.05) is 25.1 Å². The normalized spacial score (nSPS) is 14.3. The molecule has 0 saturated carbocycles. The van der Waals surface area contributed by atoms with E-state index in [2.05, 4.69) is 5.32 Å². The average molecular weight is 543 g/mol. The number of benzene rings is 3. The topological polar surface area (TPSA) is 84.9 Å². The highest BCUT2D eigenvalue weighted by Gasteiger charge is 2.34. The number of imide groups is 1. The monoisotopic (exact) mass is 542 g/mol. The zero-order chi connectivity index (χ0) is 25.5. The molecule has 0 radical (unpaired) electrons. The highest BCUT2D eigenvalue weighted by Crippen LogP contribution is 2.33. The van der Waals surface area contributed by atoms with Gasteiger partial charge >= 0.3 is 0 Å². The molecule has 36 heavy (non-hydrogen) atoms. The van der Waals surface area contributed by atoms with Crippen molar-refractivity contribution in [1.82, 2.24) is 4.90 Å². The van der Waals surface area contributed by atoms with Crippen molar-refractivity contribution < 1.29 is 23.9 Å². The molecule has 0 aromatic heterocycles. The molecule has 1 fully saturated rings. The van der Waals surface area contributed by atoms with E-state index in [9.17, 15) is 14.4 Å². The van der Waals surface area contributed by atoms with Gasteiger partial charge in [0, 0.05) is 0 Å². The molecular formula is C26H20Cl2N2O5S. The Balaban J connectivity index is 1.33. The van der Waals surface area contributed by atoms with E-state index < -0.39 is 11.8 Å². The molecule has 0 aliphatic carbocycles. The van der Waals surface area contributed by atoms with Gasteiger partial charge in [0.15, 0.2) is 6.61 Å². The van der Waals surface area contributed by atoms with Gasteiger partial charge in [-0.1, -0.05) is 59.6 Å². The summed E-state index contributed by atoms with van der Waals surface area (Å²) in [7, 11) is 0. The Hall–Kier alpha value is -3.46. The second-order valence-electron chi connectivity index (χ2n) is 7.50. The predicted molar refractivity (Wildman–Crippen MR) is 142 cm³/mol. The molecule has 3 aromatic carbocycles. The summed E-state index contributed by atoms with van der Waals surface area (Å²) in [5.74, 6) is 0.176. The Morgan fingerprint density at radius 1 is 0.944 bits per heavy atom. The summed E-state index contributed by atoms with van der Waals surface area (Å²) in [6.45, 7) is 0.0617. The Bertz CT molecular complexity index is 1320. The molecule has 0 bridgehead atoms. The van der Waals surface area contributed by atoms with Gasteiger partial charge in [0.25, 0.3) is 17.1 Å². The van der Waals surface area contributed by atoms with Gasteiger partial charge in [-0.05, 0) is 59.8 Å². The number of para-hydroxylation sites is 2. The fraction of sp³-hybridized carbons (Fsp3) is 0.115. The van der Waals surface area contributed by atoms with Crippen molar-refractivity contribution in [2.45, 2.75) is 0 Å². The zero-order valence-electron chi connectivity index (χ0n) is 18.8. The third-order valence-corrected chi connectivity index (χ3v) is 6.49. The number of ether oxygens (including phenoxy) is 2. The summed E-state index contributed by atoms with van der Waals surface area (Å²) >= 11 is 13.2. The summed E-state index contributed by atoms with van der Waals surface area (Å²) in [6, 6.07) is 20.9. The molecule has 10 heteroatoms. The fourth-order valence-electron chi connectivity index (χ4n) is 3.23. The third-order valence-electron chi connectivity index (χ3n) is 4.96. The van der Waals surface area contributed by atoms with Crippen molar-refractivity contribution >= 4 is 63.8 Å². The van der Waals surface area contributed by atoms with Crippen LogP contribution in [0.1, 0.15) is 5.56 Å². The van der Waals surface area contributed by atoms with Crippen LogP contribution in [0.2, 0.25) is 10.0 Å². The van der Waals surface area contributed by atoms with Crippen LogP contribution in [-0.4, -0.2) is 41.7 Å². The van der Waals surface area contributed by atoms with E-state index in [4.69, 9.17) is 32.7 Å². The van der Waals surface area contributed by atoms with Crippen molar-refractivity contribution in [3.63, 3.8) is 0 Å². The predicted octanol–water partition coefficient (Wildman–Crippen LogP) is 6.13. The minimum atomic E-state index is -0.395. The SMILES string of the molecule is O=C(COc1ccc(/C=C2\SC(=O)N(CCOc3ccccc3)C2=O)cc1Cl)Nc1ccccc1Cl. The average Bonchev–Trinajstić information content (AvgIpc) is 3.13. The number of halogens is 2. The van der Waals surface area contributed by atoms with Gasteiger partial charge in [0.1, 0.15) is 18.1 Å². The van der Waals surface area contributed by atoms with Gasteiger partial charge < -0.3 is 14.8 Å². The van der Waals surface area contributed by atoms with Crippen molar-refractivity contribution in [3.8, 4) is 11.5 Å². The highest BCUT2D eigenvalue weighted by molar-refractivity contribution is 8.18. The summed E-state index contributed by atoms with van der Waals surface area (Å²) in [4.78, 5) is 38.6. The van der Waals surface area contributed by atoms with Crippen LogP contribution in [0.3, 0.4) is 0 Å². The standard InChI is InChI=1S/C26H20Cl2N2O5S/c27-19-8-4-5-9-21(19)29-24(31)16-35-22-11-10-17(14-20(22)28)15-23-25(32)30(26(33)36-23)12-13-34-18-6-2-1-3-7-18/h1-11,14-15H,12-13,16H2,(H,29,31)/b23-15-. The first-order valence-electron chi connectivity index (χ1n) is 10.8. The molecule has 7 nitrogen and oxygen atoms in total. The number of hydrogen-bond donors (Lipinski definition) is 1. The number of amides is 3. The first-order valence-corrected chi connectivity index (χ1v) is 12.4. The highest BCUT2D eigenvalue weighted by atomic mass is 35.5. The molecule has 0 atom stereocenters. The van der Waals surface area contributed by atoms with E-state index in [0.29, 0.717) is 27.8 Å². The van der Waals surface area contributed by atoms with E-state index in [-0.39, 0.29) is 34.9 Å². The molecule has 3 aromatic rings. The number of nitrogens with zero attached hydrogens (tertiary/aromatic N) is 1. The number of thioether (sulfide) groups is 1. The Morgan fingerprint density at radius 2 is 1.69 bits per heavy atom. The molecule has 0 spiro atoms. The zero-order valence-corrected chi connectivity index (χ0v) is 21.1. The second-order valence-corrected chi connectivity index (χ2v) is 9.31. The van der Waals surface area contributed by atoms with Crippen LogP contribution in [-0.2, 0) is 9.59 Å². The number of carbonyl (C=O) groups excluding carboxylic acids is 3. The number of anilines is 1. The Labute approximate surface area is 222 Å². The van der Waals surface area contributed by atoms with E-state index in [0.717, 1.165) is 16.7 Å². The molecule has 184 valence electrons. The van der Waals surface area contributed by atoms with Crippen molar-refractivity contribution in [2.24, 2.45) is 0 Å². The molecule has 1 heterocycles. The molecular weight excluding hydrogens is 523 g/mol. The number of hydrogen-bond acceptors (Lipinski definition) is 6. The minimum absolute atomic E-state index is 0.140. The Kier molecular flexibility index (Phi) is 8.53. The molecule has 4 rings (SSSR count). The van der Waals surface area contributed by atoms with Gasteiger partial charge in [-0.25, -0.2) is 0 Å². The fourth-order valence-corrected chi connectivity index (χ4v) is 4.52.